The second kappa shape index (κ2) is 4.52. The van der Waals surface area contributed by atoms with Crippen molar-refractivity contribution >= 4 is 38.5 Å². The quantitative estimate of drug-likeness (QED) is 0.478. The standard InChI is InChI=1S/C12H18BrIN2/c1-11(2,3)8-7(13)9(14)16-10(15-8)12(4,5)6/h1-6H3. The largest absolute Gasteiger partial charge is 0.236 e. The number of aromatic nitrogens is 2. The third-order valence-corrected chi connectivity index (χ3v) is 4.46. The molecule has 4 heteroatoms. The molecule has 0 unspecified atom stereocenters. The summed E-state index contributed by atoms with van der Waals surface area (Å²) in [5, 5.41) is 0. The molecule has 0 amide bonds. The van der Waals surface area contributed by atoms with Crippen LogP contribution in [0.2, 0.25) is 0 Å². The van der Waals surface area contributed by atoms with Crippen molar-refractivity contribution < 1.29 is 0 Å². The van der Waals surface area contributed by atoms with Gasteiger partial charge in [-0.1, -0.05) is 41.5 Å². The fourth-order valence-electron chi connectivity index (χ4n) is 1.25. The first kappa shape index (κ1) is 14.4. The monoisotopic (exact) mass is 396 g/mol. The molecule has 0 atom stereocenters. The van der Waals surface area contributed by atoms with Crippen molar-refractivity contribution in [3.63, 3.8) is 0 Å². The minimum Gasteiger partial charge on any atom is -0.236 e. The van der Waals surface area contributed by atoms with Gasteiger partial charge in [0, 0.05) is 10.8 Å². The van der Waals surface area contributed by atoms with Gasteiger partial charge in [-0.25, -0.2) is 9.97 Å². The van der Waals surface area contributed by atoms with Crippen LogP contribution in [0.25, 0.3) is 0 Å². The molecular formula is C12H18BrIN2. The van der Waals surface area contributed by atoms with Gasteiger partial charge in [-0.2, -0.15) is 0 Å². The number of rotatable bonds is 0. The Labute approximate surface area is 120 Å². The van der Waals surface area contributed by atoms with Gasteiger partial charge in [0.2, 0.25) is 0 Å². The van der Waals surface area contributed by atoms with Gasteiger partial charge in [0.1, 0.15) is 9.53 Å². The minimum absolute atomic E-state index is 0.0133. The lowest BCUT2D eigenvalue weighted by molar-refractivity contribution is 0.508. The summed E-state index contributed by atoms with van der Waals surface area (Å²) in [5.41, 5.74) is 1.10. The van der Waals surface area contributed by atoms with Crippen molar-refractivity contribution in [1.29, 1.82) is 0 Å². The fraction of sp³-hybridized carbons (Fsp3) is 0.667. The highest BCUT2D eigenvalue weighted by molar-refractivity contribution is 14.1. The second-order valence-electron chi connectivity index (χ2n) is 6.00. The molecule has 1 aromatic heterocycles. The number of halogens is 2. The topological polar surface area (TPSA) is 25.8 Å². The summed E-state index contributed by atoms with van der Waals surface area (Å²) >= 11 is 5.84. The van der Waals surface area contributed by atoms with Crippen LogP contribution in [0.4, 0.5) is 0 Å². The smallest absolute Gasteiger partial charge is 0.135 e. The van der Waals surface area contributed by atoms with E-state index in [1.54, 1.807) is 0 Å². The molecule has 16 heavy (non-hydrogen) atoms. The van der Waals surface area contributed by atoms with Crippen molar-refractivity contribution in [3.8, 4) is 0 Å². The van der Waals surface area contributed by atoms with Gasteiger partial charge in [-0.15, -0.1) is 0 Å². The second-order valence-corrected chi connectivity index (χ2v) is 7.82. The minimum atomic E-state index is -0.0133. The summed E-state index contributed by atoms with van der Waals surface area (Å²) < 4.78 is 2.01. The van der Waals surface area contributed by atoms with Crippen molar-refractivity contribution in [3.05, 3.63) is 19.7 Å². The van der Waals surface area contributed by atoms with E-state index >= 15 is 0 Å². The Morgan fingerprint density at radius 3 is 1.81 bits per heavy atom. The van der Waals surface area contributed by atoms with Gasteiger partial charge in [-0.05, 0) is 38.5 Å². The van der Waals surface area contributed by atoms with Gasteiger partial charge in [0.25, 0.3) is 0 Å². The maximum absolute atomic E-state index is 4.71. The van der Waals surface area contributed by atoms with Crippen molar-refractivity contribution in [1.82, 2.24) is 9.97 Å². The molecule has 0 spiro atoms. The highest BCUT2D eigenvalue weighted by Crippen LogP contribution is 2.32. The highest BCUT2D eigenvalue weighted by atomic mass is 127. The predicted molar refractivity (Wildman–Crippen MR) is 79.8 cm³/mol. The van der Waals surface area contributed by atoms with E-state index in [4.69, 9.17) is 4.98 Å². The summed E-state index contributed by atoms with van der Waals surface area (Å²) in [7, 11) is 0. The third-order valence-electron chi connectivity index (χ3n) is 2.19. The van der Waals surface area contributed by atoms with Gasteiger partial charge in [-0.3, -0.25) is 0 Å². The molecule has 0 N–H and O–H groups in total. The molecule has 0 aliphatic carbocycles. The SMILES string of the molecule is CC(C)(C)c1nc(I)c(Br)c(C(C)(C)C)n1. The lowest BCUT2D eigenvalue weighted by atomic mass is 9.90. The highest BCUT2D eigenvalue weighted by Gasteiger charge is 2.26. The van der Waals surface area contributed by atoms with E-state index in [1.807, 2.05) is 0 Å². The molecule has 1 aromatic rings. The van der Waals surface area contributed by atoms with E-state index in [1.165, 1.54) is 0 Å². The summed E-state index contributed by atoms with van der Waals surface area (Å²) in [5.74, 6) is 0.907. The Balaban J connectivity index is 3.46. The summed E-state index contributed by atoms with van der Waals surface area (Å²) in [6.45, 7) is 12.9. The lowest BCUT2D eigenvalue weighted by Gasteiger charge is -2.24. The van der Waals surface area contributed by atoms with E-state index in [9.17, 15) is 0 Å². The predicted octanol–water partition coefficient (Wildman–Crippen LogP) is 4.44. The first-order valence-electron chi connectivity index (χ1n) is 5.27. The zero-order chi connectivity index (χ0) is 12.7. The molecule has 0 aliphatic heterocycles. The molecule has 1 rings (SSSR count). The van der Waals surface area contributed by atoms with Crippen molar-refractivity contribution in [2.24, 2.45) is 0 Å². The van der Waals surface area contributed by atoms with Crippen LogP contribution in [0.15, 0.2) is 4.47 Å². The van der Waals surface area contributed by atoms with Crippen LogP contribution < -0.4 is 0 Å². The van der Waals surface area contributed by atoms with Crippen LogP contribution >= 0.6 is 38.5 Å². The molecule has 0 saturated carbocycles. The molecule has 0 saturated heterocycles. The average Bonchev–Trinajstić information content (AvgIpc) is 2.05. The normalized spacial score (nSPS) is 13.0. The Morgan fingerprint density at radius 1 is 0.938 bits per heavy atom. The van der Waals surface area contributed by atoms with E-state index in [2.05, 4.69) is 85.0 Å². The van der Waals surface area contributed by atoms with Gasteiger partial charge < -0.3 is 0 Å². The molecule has 0 bridgehead atoms. The molecular weight excluding hydrogens is 379 g/mol. The Morgan fingerprint density at radius 2 is 1.44 bits per heavy atom. The number of hydrogen-bond donors (Lipinski definition) is 0. The summed E-state index contributed by atoms with van der Waals surface area (Å²) in [6, 6.07) is 0. The first-order chi connectivity index (χ1) is 7.03. The van der Waals surface area contributed by atoms with Crippen LogP contribution in [0.5, 0.6) is 0 Å². The molecule has 0 radical (unpaired) electrons. The van der Waals surface area contributed by atoms with E-state index < -0.39 is 0 Å². The summed E-state index contributed by atoms with van der Waals surface area (Å²) in [4.78, 5) is 9.26. The zero-order valence-electron chi connectivity index (χ0n) is 10.7. The van der Waals surface area contributed by atoms with Gasteiger partial charge >= 0.3 is 0 Å². The maximum atomic E-state index is 4.71. The first-order valence-corrected chi connectivity index (χ1v) is 7.14. The summed E-state index contributed by atoms with van der Waals surface area (Å²) in [6.07, 6.45) is 0. The van der Waals surface area contributed by atoms with E-state index in [-0.39, 0.29) is 10.8 Å². The number of hydrogen-bond acceptors (Lipinski definition) is 2. The average molecular weight is 397 g/mol. The maximum Gasteiger partial charge on any atom is 0.135 e. The Hall–Kier alpha value is 0.290. The van der Waals surface area contributed by atoms with Gasteiger partial charge in [0.15, 0.2) is 0 Å². The Kier molecular flexibility index (Phi) is 4.05. The molecule has 0 fully saturated rings. The van der Waals surface area contributed by atoms with Crippen molar-refractivity contribution in [2.45, 2.75) is 52.4 Å². The Bertz CT molecular complexity index is 403. The fourth-order valence-corrected chi connectivity index (χ4v) is 2.51. The molecule has 0 aliphatic rings. The number of nitrogens with zero attached hydrogens (tertiary/aromatic N) is 2. The zero-order valence-corrected chi connectivity index (χ0v) is 14.4. The van der Waals surface area contributed by atoms with E-state index in [0.717, 1.165) is 19.7 Å². The lowest BCUT2D eigenvalue weighted by Crippen LogP contribution is -2.23. The third kappa shape index (κ3) is 3.15. The van der Waals surface area contributed by atoms with Crippen LogP contribution in [-0.2, 0) is 10.8 Å². The van der Waals surface area contributed by atoms with Crippen LogP contribution in [0.3, 0.4) is 0 Å². The van der Waals surface area contributed by atoms with Crippen molar-refractivity contribution in [2.75, 3.05) is 0 Å². The van der Waals surface area contributed by atoms with Crippen LogP contribution in [-0.4, -0.2) is 9.97 Å². The molecule has 90 valence electrons. The van der Waals surface area contributed by atoms with Gasteiger partial charge in [0.05, 0.1) is 10.2 Å². The van der Waals surface area contributed by atoms with Crippen LogP contribution in [0.1, 0.15) is 53.1 Å². The molecule has 2 nitrogen and oxygen atoms in total. The molecule has 1 heterocycles. The molecule has 0 aromatic carbocycles. The van der Waals surface area contributed by atoms with Crippen LogP contribution in [0, 0.1) is 3.70 Å². The van der Waals surface area contributed by atoms with E-state index in [0.29, 0.717) is 0 Å².